The van der Waals surface area contributed by atoms with E-state index < -0.39 is 0 Å². The van der Waals surface area contributed by atoms with Gasteiger partial charge in [-0.1, -0.05) is 130 Å². The normalized spacial score (nSPS) is 12.6. The van der Waals surface area contributed by atoms with E-state index in [0.717, 1.165) is 17.1 Å². The van der Waals surface area contributed by atoms with Crippen molar-refractivity contribution in [2.75, 3.05) is 4.90 Å². The molecule has 5 aromatic rings. The van der Waals surface area contributed by atoms with Crippen molar-refractivity contribution >= 4 is 17.1 Å². The van der Waals surface area contributed by atoms with Crippen LogP contribution in [0.25, 0.3) is 0 Å². The Kier molecular flexibility index (Phi) is 8.36. The Balaban J connectivity index is 1.58. The molecule has 0 saturated carbocycles. The lowest BCUT2D eigenvalue weighted by Crippen LogP contribution is -2.11. The lowest BCUT2D eigenvalue weighted by molar-refractivity contribution is 0.618. The summed E-state index contributed by atoms with van der Waals surface area (Å²) in [4.78, 5) is 2.32. The molecule has 190 valence electrons. The van der Waals surface area contributed by atoms with Crippen molar-refractivity contribution in [3.63, 3.8) is 0 Å². The van der Waals surface area contributed by atoms with Crippen molar-refractivity contribution in [1.29, 1.82) is 0 Å². The molecule has 0 spiro atoms. The molecule has 1 heteroatoms. The molecule has 0 fully saturated rings. The predicted octanol–water partition coefficient (Wildman–Crippen LogP) is 10.6. The third-order valence-electron chi connectivity index (χ3n) is 7.47. The van der Waals surface area contributed by atoms with E-state index in [1.165, 1.54) is 41.5 Å². The van der Waals surface area contributed by atoms with Crippen molar-refractivity contribution in [3.05, 3.63) is 162 Å². The summed E-state index contributed by atoms with van der Waals surface area (Å²) in [7, 11) is 0. The van der Waals surface area contributed by atoms with Crippen molar-refractivity contribution in [2.45, 2.75) is 44.9 Å². The molecule has 5 rings (SSSR count). The van der Waals surface area contributed by atoms with Gasteiger partial charge in [-0.15, -0.1) is 0 Å². The highest BCUT2D eigenvalue weighted by Gasteiger charge is 2.22. The van der Waals surface area contributed by atoms with Crippen LogP contribution in [0.3, 0.4) is 0 Å². The fourth-order valence-corrected chi connectivity index (χ4v) is 5.50. The monoisotopic (exact) mass is 495 g/mol. The fourth-order valence-electron chi connectivity index (χ4n) is 5.50. The second-order valence-electron chi connectivity index (χ2n) is 10.1. The maximum absolute atomic E-state index is 2.39. The zero-order valence-electron chi connectivity index (χ0n) is 22.5. The van der Waals surface area contributed by atoms with Gasteiger partial charge in [0.25, 0.3) is 0 Å². The Morgan fingerprint density at radius 3 is 1.50 bits per heavy atom. The molecule has 0 amide bonds. The second-order valence-corrected chi connectivity index (χ2v) is 10.1. The van der Waals surface area contributed by atoms with Crippen LogP contribution in [0.2, 0.25) is 0 Å². The van der Waals surface area contributed by atoms with Gasteiger partial charge in [-0.3, -0.25) is 0 Å². The summed E-state index contributed by atoms with van der Waals surface area (Å²) in [5.41, 5.74) is 8.99. The first-order chi connectivity index (χ1) is 18.8. The van der Waals surface area contributed by atoms with Crippen LogP contribution in [0.5, 0.6) is 0 Å². The van der Waals surface area contributed by atoms with E-state index in [9.17, 15) is 0 Å². The van der Waals surface area contributed by atoms with E-state index >= 15 is 0 Å². The molecule has 2 unspecified atom stereocenters. The summed E-state index contributed by atoms with van der Waals surface area (Å²) in [6.45, 7) is 4.67. The van der Waals surface area contributed by atoms with Gasteiger partial charge in [0.15, 0.2) is 0 Å². The van der Waals surface area contributed by atoms with Gasteiger partial charge >= 0.3 is 0 Å². The van der Waals surface area contributed by atoms with E-state index in [-0.39, 0.29) is 5.92 Å². The summed E-state index contributed by atoms with van der Waals surface area (Å²) in [5, 5.41) is 0. The van der Waals surface area contributed by atoms with Crippen molar-refractivity contribution < 1.29 is 0 Å². The number of anilines is 3. The molecule has 38 heavy (non-hydrogen) atoms. The van der Waals surface area contributed by atoms with Gasteiger partial charge in [0, 0.05) is 23.0 Å². The highest BCUT2D eigenvalue weighted by atomic mass is 15.1. The van der Waals surface area contributed by atoms with Crippen molar-refractivity contribution in [1.82, 2.24) is 0 Å². The second kappa shape index (κ2) is 12.4. The van der Waals surface area contributed by atoms with Crippen LogP contribution in [0.15, 0.2) is 140 Å². The summed E-state index contributed by atoms with van der Waals surface area (Å²) >= 11 is 0. The molecule has 5 aromatic carbocycles. The Labute approximate surface area is 228 Å². The lowest BCUT2D eigenvalue weighted by atomic mass is 9.79. The molecule has 0 N–H and O–H groups in total. The van der Waals surface area contributed by atoms with E-state index in [4.69, 9.17) is 0 Å². The standard InChI is InChI=1S/C37H37N/c1-3-4-16-29(2)35-23-14-15-24-36(35)37(30-17-8-5-9-18-30)31-25-27-34(28-26-31)38(32-19-10-6-11-20-32)33-21-12-7-13-22-33/h5-15,17-29,37H,3-4,16H2,1-2H3. The Morgan fingerprint density at radius 2 is 0.947 bits per heavy atom. The summed E-state index contributed by atoms with van der Waals surface area (Å²) < 4.78 is 0. The summed E-state index contributed by atoms with van der Waals surface area (Å²) in [6, 6.07) is 50.4. The number of rotatable bonds is 10. The van der Waals surface area contributed by atoms with Gasteiger partial charge in [0.05, 0.1) is 0 Å². The van der Waals surface area contributed by atoms with Gasteiger partial charge in [-0.2, -0.15) is 0 Å². The van der Waals surface area contributed by atoms with Crippen LogP contribution in [-0.4, -0.2) is 0 Å². The predicted molar refractivity (Wildman–Crippen MR) is 163 cm³/mol. The molecule has 0 aliphatic heterocycles. The molecule has 0 aromatic heterocycles. The van der Waals surface area contributed by atoms with Gasteiger partial charge in [0.2, 0.25) is 0 Å². The molecule has 2 atom stereocenters. The quantitative estimate of drug-likeness (QED) is 0.174. The molecule has 0 saturated heterocycles. The van der Waals surface area contributed by atoms with Gasteiger partial charge < -0.3 is 4.90 Å². The Morgan fingerprint density at radius 1 is 0.500 bits per heavy atom. The average molecular weight is 496 g/mol. The zero-order valence-corrected chi connectivity index (χ0v) is 22.5. The largest absolute Gasteiger partial charge is 0.311 e. The smallest absolute Gasteiger partial charge is 0.0461 e. The molecule has 0 radical (unpaired) electrons. The van der Waals surface area contributed by atoms with E-state index in [1.807, 2.05) is 0 Å². The number of benzene rings is 5. The average Bonchev–Trinajstić information content (AvgIpc) is 2.99. The number of para-hydroxylation sites is 2. The molecule has 0 aliphatic rings. The first-order valence-electron chi connectivity index (χ1n) is 13.9. The van der Waals surface area contributed by atoms with Gasteiger partial charge in [-0.25, -0.2) is 0 Å². The minimum atomic E-state index is 0.187. The van der Waals surface area contributed by atoms with Gasteiger partial charge in [-0.05, 0) is 71.0 Å². The number of nitrogens with zero attached hydrogens (tertiary/aromatic N) is 1. The maximum Gasteiger partial charge on any atom is 0.0461 e. The van der Waals surface area contributed by atoms with E-state index in [1.54, 1.807) is 0 Å². The molecule has 0 bridgehead atoms. The zero-order chi connectivity index (χ0) is 26.2. The minimum Gasteiger partial charge on any atom is -0.311 e. The van der Waals surface area contributed by atoms with Crippen LogP contribution < -0.4 is 4.90 Å². The van der Waals surface area contributed by atoms with E-state index in [2.05, 4.69) is 158 Å². The van der Waals surface area contributed by atoms with E-state index in [0.29, 0.717) is 5.92 Å². The fraction of sp³-hybridized carbons (Fsp3) is 0.189. The Bertz CT molecular complexity index is 1350. The first-order valence-corrected chi connectivity index (χ1v) is 13.9. The summed E-state index contributed by atoms with van der Waals surface area (Å²) in [5.74, 6) is 0.718. The topological polar surface area (TPSA) is 3.24 Å². The van der Waals surface area contributed by atoms with Crippen LogP contribution in [0.4, 0.5) is 17.1 Å². The molecule has 0 aliphatic carbocycles. The van der Waals surface area contributed by atoms with Crippen molar-refractivity contribution in [3.8, 4) is 0 Å². The lowest BCUT2D eigenvalue weighted by Gasteiger charge is -2.27. The van der Waals surface area contributed by atoms with Crippen molar-refractivity contribution in [2.24, 2.45) is 0 Å². The van der Waals surface area contributed by atoms with Crippen LogP contribution >= 0.6 is 0 Å². The van der Waals surface area contributed by atoms with Gasteiger partial charge in [0.1, 0.15) is 0 Å². The minimum absolute atomic E-state index is 0.187. The summed E-state index contributed by atoms with van der Waals surface area (Å²) in [6.07, 6.45) is 3.71. The number of hydrogen-bond acceptors (Lipinski definition) is 1. The molecule has 1 nitrogen and oxygen atoms in total. The third kappa shape index (κ3) is 5.73. The SMILES string of the molecule is CCCCC(C)c1ccccc1C(c1ccccc1)c1ccc(N(c2ccccc2)c2ccccc2)cc1. The first kappa shape index (κ1) is 25.5. The van der Waals surface area contributed by atoms with Crippen LogP contribution in [0, 0.1) is 0 Å². The molecule has 0 heterocycles. The highest BCUT2D eigenvalue weighted by Crippen LogP contribution is 2.40. The molecular weight excluding hydrogens is 458 g/mol. The van der Waals surface area contributed by atoms with Crippen LogP contribution in [-0.2, 0) is 0 Å². The Hall–Kier alpha value is -4.10. The maximum atomic E-state index is 2.39. The van der Waals surface area contributed by atoms with Crippen LogP contribution in [0.1, 0.15) is 67.2 Å². The highest BCUT2D eigenvalue weighted by molar-refractivity contribution is 5.76. The number of unbranched alkanes of at least 4 members (excludes halogenated alkanes) is 1. The molecular formula is C37H37N. The third-order valence-corrected chi connectivity index (χ3v) is 7.47. The number of hydrogen-bond donors (Lipinski definition) is 0.